The van der Waals surface area contributed by atoms with Crippen LogP contribution in [0.25, 0.3) is 22.2 Å². The maximum absolute atomic E-state index is 6.70. The Kier molecular flexibility index (Phi) is 10.8. The van der Waals surface area contributed by atoms with Crippen molar-refractivity contribution in [3.63, 3.8) is 0 Å². The molecule has 1 aliphatic rings. The summed E-state index contributed by atoms with van der Waals surface area (Å²) in [4.78, 5) is 0. The Bertz CT molecular complexity index is 1500. The molecule has 0 aliphatic carbocycles. The van der Waals surface area contributed by atoms with Gasteiger partial charge in [-0.3, -0.25) is 4.68 Å². The molecule has 2 aromatic heterocycles. The quantitative estimate of drug-likeness (QED) is 0.102. The summed E-state index contributed by atoms with van der Waals surface area (Å²) in [5, 5.41) is 11.0. The van der Waals surface area contributed by atoms with Crippen molar-refractivity contribution in [2.75, 3.05) is 19.8 Å². The maximum Gasteiger partial charge on any atom is 0.250 e. The normalized spacial score (nSPS) is 17.4. The van der Waals surface area contributed by atoms with E-state index in [4.69, 9.17) is 28.8 Å². The van der Waals surface area contributed by atoms with Gasteiger partial charge in [-0.05, 0) is 80.4 Å². The van der Waals surface area contributed by atoms with Gasteiger partial charge in [0.15, 0.2) is 6.23 Å². The summed E-state index contributed by atoms with van der Waals surface area (Å²) in [6, 6.07) is 16.7. The first-order valence-corrected chi connectivity index (χ1v) is 19.5. The molecule has 8 nitrogen and oxygen atoms in total. The number of aromatic nitrogens is 4. The second kappa shape index (κ2) is 14.6. The largest absolute Gasteiger partial charge is 0.543 e. The van der Waals surface area contributed by atoms with E-state index in [9.17, 15) is 0 Å². The highest BCUT2D eigenvalue weighted by Gasteiger charge is 2.39. The van der Waals surface area contributed by atoms with Gasteiger partial charge in [-0.15, -0.1) is 0 Å². The molecule has 0 saturated carbocycles. The Labute approximate surface area is 270 Å². The van der Waals surface area contributed by atoms with Crippen LogP contribution in [0.1, 0.15) is 72.1 Å². The van der Waals surface area contributed by atoms with Crippen LogP contribution in [0.3, 0.4) is 0 Å². The molecule has 4 aromatic rings. The lowest BCUT2D eigenvalue weighted by molar-refractivity contribution is -0.0365. The molecule has 0 bridgehead atoms. The first-order chi connectivity index (χ1) is 21.5. The summed E-state index contributed by atoms with van der Waals surface area (Å²) in [7, 11) is -2.00. The van der Waals surface area contributed by atoms with E-state index < -0.39 is 8.32 Å². The highest BCUT2D eigenvalue weighted by atomic mass is 28.4. The van der Waals surface area contributed by atoms with Crippen LogP contribution in [-0.2, 0) is 27.4 Å². The summed E-state index contributed by atoms with van der Waals surface area (Å²) in [6.45, 7) is 19.2. The zero-order chi connectivity index (χ0) is 32.0. The third-order valence-electron chi connectivity index (χ3n) is 9.14. The molecule has 0 spiro atoms. The van der Waals surface area contributed by atoms with Crippen molar-refractivity contribution in [1.82, 2.24) is 19.6 Å². The molecular weight excluding hydrogens is 581 g/mol. The molecule has 3 atom stereocenters. The van der Waals surface area contributed by atoms with E-state index in [1.165, 1.54) is 5.56 Å². The van der Waals surface area contributed by atoms with Crippen molar-refractivity contribution in [2.45, 2.75) is 104 Å². The second-order valence-corrected chi connectivity index (χ2v) is 18.9. The molecular formula is C36H52N4O4Si. The number of nitrogens with zero attached hydrogens (tertiary/aromatic N) is 4. The zero-order valence-electron chi connectivity index (χ0n) is 28.3. The van der Waals surface area contributed by atoms with E-state index in [2.05, 4.69) is 88.9 Å². The van der Waals surface area contributed by atoms with Gasteiger partial charge in [0.25, 0.3) is 0 Å². The van der Waals surface area contributed by atoms with Gasteiger partial charge in [-0.25, -0.2) is 4.68 Å². The summed E-state index contributed by atoms with van der Waals surface area (Å²) in [5.74, 6) is 1.21. The van der Waals surface area contributed by atoms with E-state index in [1.54, 1.807) is 0 Å². The zero-order valence-corrected chi connectivity index (χ0v) is 29.3. The average Bonchev–Trinajstić information content (AvgIpc) is 3.63. The first-order valence-electron chi connectivity index (χ1n) is 16.6. The van der Waals surface area contributed by atoms with Crippen LogP contribution < -0.4 is 4.43 Å². The van der Waals surface area contributed by atoms with Gasteiger partial charge in [0.2, 0.25) is 8.32 Å². The predicted octanol–water partition coefficient (Wildman–Crippen LogP) is 8.63. The number of benzene rings is 2. The Morgan fingerprint density at radius 1 is 1.07 bits per heavy atom. The van der Waals surface area contributed by atoms with Gasteiger partial charge in [0.05, 0.1) is 31.0 Å². The van der Waals surface area contributed by atoms with E-state index in [-0.39, 0.29) is 17.4 Å². The van der Waals surface area contributed by atoms with Crippen molar-refractivity contribution in [1.29, 1.82) is 0 Å². The van der Waals surface area contributed by atoms with E-state index in [0.717, 1.165) is 66.7 Å². The highest BCUT2D eigenvalue weighted by molar-refractivity contribution is 6.74. The third kappa shape index (κ3) is 8.64. The second-order valence-electron chi connectivity index (χ2n) is 14.2. The molecule has 1 aliphatic heterocycles. The van der Waals surface area contributed by atoms with Gasteiger partial charge >= 0.3 is 0 Å². The first kappa shape index (κ1) is 33.4. The molecule has 2 aromatic carbocycles. The third-order valence-corrected chi connectivity index (χ3v) is 13.5. The molecule has 0 amide bonds. The fourth-order valence-corrected chi connectivity index (χ4v) is 6.39. The summed E-state index contributed by atoms with van der Waals surface area (Å²) < 4.78 is 28.9. The molecule has 5 rings (SSSR count). The van der Waals surface area contributed by atoms with Crippen molar-refractivity contribution in [3.05, 3.63) is 66.5 Å². The molecule has 45 heavy (non-hydrogen) atoms. The lowest BCUT2D eigenvalue weighted by Gasteiger charge is -2.36. The molecule has 1 unspecified atom stereocenters. The number of hydrogen-bond acceptors (Lipinski definition) is 6. The average molecular weight is 633 g/mol. The Balaban J connectivity index is 1.23. The Morgan fingerprint density at radius 2 is 1.87 bits per heavy atom. The molecule has 1 fully saturated rings. The SMILES string of the molecule is C[C@@H](COCC[C@@H](C)OCc1ccccc1)Cn1cc(-c2nn(C3CCCCO3)c3ccc(O[Si](C)(C)C(C)(C)C)cc23)cn1. The summed E-state index contributed by atoms with van der Waals surface area (Å²) in [5.41, 5.74) is 4.17. The van der Waals surface area contributed by atoms with Crippen molar-refractivity contribution in [3.8, 4) is 17.0 Å². The van der Waals surface area contributed by atoms with Crippen LogP contribution in [0.2, 0.25) is 18.1 Å². The molecule has 9 heteroatoms. The highest BCUT2D eigenvalue weighted by Crippen LogP contribution is 2.40. The molecule has 3 heterocycles. The number of hydrogen-bond donors (Lipinski definition) is 0. The van der Waals surface area contributed by atoms with E-state index in [1.807, 2.05) is 29.1 Å². The van der Waals surface area contributed by atoms with Crippen LogP contribution in [0.5, 0.6) is 5.75 Å². The van der Waals surface area contributed by atoms with E-state index in [0.29, 0.717) is 25.7 Å². The van der Waals surface area contributed by atoms with Crippen molar-refractivity contribution in [2.24, 2.45) is 5.92 Å². The minimum atomic E-state index is -2.00. The summed E-state index contributed by atoms with van der Waals surface area (Å²) >= 11 is 0. The van der Waals surface area contributed by atoms with Crippen LogP contribution in [-0.4, -0.2) is 53.8 Å². The number of rotatable bonds is 14. The number of ether oxygens (including phenoxy) is 3. The fraction of sp³-hybridized carbons (Fsp3) is 0.556. The lowest BCUT2D eigenvalue weighted by atomic mass is 10.1. The van der Waals surface area contributed by atoms with Crippen LogP contribution >= 0.6 is 0 Å². The standard InChI is InChI=1S/C36H52N4O4Si/c1-27(25-41-20-18-28(2)43-26-29-13-9-8-10-14-29)23-39-24-30(22-37-39)35-32-21-31(44-45(6,7)36(3,4)5)16-17-33(32)40(38-35)34-15-11-12-19-42-34/h8-10,13-14,16-17,21-22,24,27-28,34H,11-12,15,18-20,23,25-26H2,1-7H3/t27-,28-,34?/m1/s1. The monoisotopic (exact) mass is 632 g/mol. The Morgan fingerprint density at radius 3 is 2.60 bits per heavy atom. The van der Waals surface area contributed by atoms with Gasteiger partial charge < -0.3 is 18.6 Å². The molecule has 1 saturated heterocycles. The van der Waals surface area contributed by atoms with Crippen molar-refractivity contribution >= 4 is 19.2 Å². The van der Waals surface area contributed by atoms with Gasteiger partial charge in [-0.1, -0.05) is 58.0 Å². The van der Waals surface area contributed by atoms with Crippen LogP contribution in [0.15, 0.2) is 60.9 Å². The minimum absolute atomic E-state index is 0.0548. The van der Waals surface area contributed by atoms with Crippen molar-refractivity contribution < 1.29 is 18.6 Å². The van der Waals surface area contributed by atoms with Gasteiger partial charge in [0.1, 0.15) is 11.4 Å². The fourth-order valence-electron chi connectivity index (χ4n) is 5.37. The number of fused-ring (bicyclic) bond motifs is 1. The molecule has 244 valence electrons. The van der Waals surface area contributed by atoms with Crippen LogP contribution in [0, 0.1) is 5.92 Å². The smallest absolute Gasteiger partial charge is 0.250 e. The lowest BCUT2D eigenvalue weighted by Crippen LogP contribution is -2.43. The summed E-state index contributed by atoms with van der Waals surface area (Å²) in [6.07, 6.45) is 8.20. The van der Waals surface area contributed by atoms with Gasteiger partial charge in [-0.2, -0.15) is 10.2 Å². The maximum atomic E-state index is 6.70. The van der Waals surface area contributed by atoms with Crippen LogP contribution in [0.4, 0.5) is 0 Å². The molecule has 0 N–H and O–H groups in total. The Hall–Kier alpha value is -2.98. The van der Waals surface area contributed by atoms with Gasteiger partial charge in [0, 0.05) is 36.9 Å². The topological polar surface area (TPSA) is 72.6 Å². The minimum Gasteiger partial charge on any atom is -0.543 e. The predicted molar refractivity (Wildman–Crippen MR) is 183 cm³/mol. The molecule has 0 radical (unpaired) electrons. The van der Waals surface area contributed by atoms with E-state index >= 15 is 0 Å².